The summed E-state index contributed by atoms with van der Waals surface area (Å²) in [6.45, 7) is 3.18. The minimum Gasteiger partial charge on any atom is -0.368 e. The lowest BCUT2D eigenvalue weighted by molar-refractivity contribution is -0.136. The Balaban J connectivity index is 1.31. The molecule has 1 heterocycles. The number of hydrogen-bond acceptors (Lipinski definition) is 3. The van der Waals surface area contributed by atoms with Crippen molar-refractivity contribution in [1.82, 2.24) is 4.90 Å². The Hall–Kier alpha value is -2.24. The van der Waals surface area contributed by atoms with E-state index in [2.05, 4.69) is 10.2 Å². The van der Waals surface area contributed by atoms with Gasteiger partial charge in [-0.15, -0.1) is 0 Å². The van der Waals surface area contributed by atoms with Gasteiger partial charge in [-0.05, 0) is 55.3 Å². The summed E-state index contributed by atoms with van der Waals surface area (Å²) in [5, 5.41) is 3.68. The van der Waals surface area contributed by atoms with E-state index in [1.165, 1.54) is 19.3 Å². The van der Waals surface area contributed by atoms with Gasteiger partial charge in [0.1, 0.15) is 0 Å². The SMILES string of the molecule is O=C(Nc1ccc(N2CCN(C(=O)C3CCCCC3)CC2)cc1)c1ccc(Cl)cc1Cl. The standard InChI is InChI=1S/C24H27Cl2N3O2/c25-18-6-11-21(22(26)16-18)23(30)27-19-7-9-20(10-8-19)28-12-14-29(15-13-28)24(31)17-4-2-1-3-5-17/h6-11,16-17H,1-5,12-15H2,(H,27,30). The van der Waals surface area contributed by atoms with Crippen molar-refractivity contribution in [3.05, 3.63) is 58.1 Å². The van der Waals surface area contributed by atoms with Crippen LogP contribution in [-0.2, 0) is 4.79 Å². The fraction of sp³-hybridized carbons (Fsp3) is 0.417. The highest BCUT2D eigenvalue weighted by Gasteiger charge is 2.28. The Morgan fingerprint density at radius 1 is 0.871 bits per heavy atom. The molecule has 164 valence electrons. The molecule has 2 aromatic rings. The number of anilines is 2. The van der Waals surface area contributed by atoms with Crippen LogP contribution in [0.2, 0.25) is 10.0 Å². The van der Waals surface area contributed by atoms with Crippen LogP contribution >= 0.6 is 23.2 Å². The molecule has 31 heavy (non-hydrogen) atoms. The van der Waals surface area contributed by atoms with E-state index in [0.717, 1.165) is 44.7 Å². The van der Waals surface area contributed by atoms with E-state index >= 15 is 0 Å². The minimum absolute atomic E-state index is 0.234. The predicted molar refractivity (Wildman–Crippen MR) is 126 cm³/mol. The third kappa shape index (κ3) is 5.34. The second-order valence-corrected chi connectivity index (χ2v) is 9.12. The molecule has 0 radical (unpaired) electrons. The fourth-order valence-corrected chi connectivity index (χ4v) is 4.91. The number of benzene rings is 2. The zero-order valence-electron chi connectivity index (χ0n) is 17.4. The number of carbonyl (C=O) groups excluding carboxylic acids is 2. The van der Waals surface area contributed by atoms with Gasteiger partial charge in [-0.3, -0.25) is 9.59 Å². The molecule has 1 N–H and O–H groups in total. The third-order valence-corrected chi connectivity index (χ3v) is 6.76. The quantitative estimate of drug-likeness (QED) is 0.658. The van der Waals surface area contributed by atoms with E-state index < -0.39 is 0 Å². The number of amides is 2. The predicted octanol–water partition coefficient (Wildman–Crippen LogP) is 5.47. The van der Waals surface area contributed by atoms with Crippen molar-refractivity contribution in [1.29, 1.82) is 0 Å². The molecular formula is C24H27Cl2N3O2. The molecule has 4 rings (SSSR count). The van der Waals surface area contributed by atoms with Gasteiger partial charge in [0.25, 0.3) is 5.91 Å². The zero-order chi connectivity index (χ0) is 21.8. The molecule has 1 saturated carbocycles. The Bertz CT molecular complexity index is 934. The molecule has 1 aliphatic carbocycles. The summed E-state index contributed by atoms with van der Waals surface area (Å²) >= 11 is 12.0. The first kappa shape index (κ1) is 22.0. The maximum atomic E-state index is 12.8. The van der Waals surface area contributed by atoms with Crippen molar-refractivity contribution in [2.75, 3.05) is 36.4 Å². The van der Waals surface area contributed by atoms with Gasteiger partial charge in [0.15, 0.2) is 0 Å². The lowest BCUT2D eigenvalue weighted by atomic mass is 9.88. The Morgan fingerprint density at radius 2 is 1.55 bits per heavy atom. The number of hydrogen-bond donors (Lipinski definition) is 1. The van der Waals surface area contributed by atoms with Crippen molar-refractivity contribution in [2.24, 2.45) is 5.92 Å². The van der Waals surface area contributed by atoms with Gasteiger partial charge in [-0.25, -0.2) is 0 Å². The van der Waals surface area contributed by atoms with E-state index in [1.807, 2.05) is 29.2 Å². The first-order valence-electron chi connectivity index (χ1n) is 10.9. The molecule has 2 aliphatic rings. The van der Waals surface area contributed by atoms with Gasteiger partial charge in [0.2, 0.25) is 5.91 Å². The molecule has 7 heteroatoms. The van der Waals surface area contributed by atoms with Gasteiger partial charge in [0, 0.05) is 48.5 Å². The lowest BCUT2D eigenvalue weighted by Gasteiger charge is -2.38. The molecule has 1 aliphatic heterocycles. The molecule has 2 aromatic carbocycles. The lowest BCUT2D eigenvalue weighted by Crippen LogP contribution is -2.50. The van der Waals surface area contributed by atoms with Crippen LogP contribution in [0.1, 0.15) is 42.5 Å². The maximum absolute atomic E-state index is 12.8. The van der Waals surface area contributed by atoms with Crippen molar-refractivity contribution >= 4 is 46.4 Å². The number of carbonyl (C=O) groups is 2. The van der Waals surface area contributed by atoms with Crippen LogP contribution in [0.15, 0.2) is 42.5 Å². The van der Waals surface area contributed by atoms with Crippen LogP contribution in [0.25, 0.3) is 0 Å². The van der Waals surface area contributed by atoms with E-state index in [4.69, 9.17) is 23.2 Å². The molecule has 0 atom stereocenters. The van der Waals surface area contributed by atoms with Crippen LogP contribution in [-0.4, -0.2) is 42.9 Å². The van der Waals surface area contributed by atoms with Gasteiger partial charge in [0.05, 0.1) is 10.6 Å². The van der Waals surface area contributed by atoms with Gasteiger partial charge < -0.3 is 15.1 Å². The van der Waals surface area contributed by atoms with Crippen LogP contribution in [0.5, 0.6) is 0 Å². The first-order valence-corrected chi connectivity index (χ1v) is 11.7. The first-order chi connectivity index (χ1) is 15.0. The molecule has 0 spiro atoms. The molecule has 0 unspecified atom stereocenters. The van der Waals surface area contributed by atoms with Crippen LogP contribution in [0, 0.1) is 5.92 Å². The van der Waals surface area contributed by atoms with Crippen molar-refractivity contribution in [3.8, 4) is 0 Å². The van der Waals surface area contributed by atoms with Gasteiger partial charge in [-0.2, -0.15) is 0 Å². The summed E-state index contributed by atoms with van der Waals surface area (Å²) in [6, 6.07) is 12.6. The zero-order valence-corrected chi connectivity index (χ0v) is 19.0. The summed E-state index contributed by atoms with van der Waals surface area (Å²) in [6.07, 6.45) is 5.73. The monoisotopic (exact) mass is 459 g/mol. The number of rotatable bonds is 4. The number of nitrogens with one attached hydrogen (secondary N) is 1. The Kier molecular flexibility index (Phi) is 7.03. The number of piperazine rings is 1. The second kappa shape index (κ2) is 9.92. The van der Waals surface area contributed by atoms with Crippen LogP contribution < -0.4 is 10.2 Å². The fourth-order valence-electron chi connectivity index (χ4n) is 4.42. The largest absolute Gasteiger partial charge is 0.368 e. The normalized spacial score (nSPS) is 17.5. The molecule has 1 saturated heterocycles. The Morgan fingerprint density at radius 3 is 2.19 bits per heavy atom. The molecular weight excluding hydrogens is 433 g/mol. The van der Waals surface area contributed by atoms with Crippen molar-refractivity contribution in [3.63, 3.8) is 0 Å². The van der Waals surface area contributed by atoms with Gasteiger partial charge >= 0.3 is 0 Å². The van der Waals surface area contributed by atoms with Crippen LogP contribution in [0.4, 0.5) is 11.4 Å². The summed E-state index contributed by atoms with van der Waals surface area (Å²) < 4.78 is 0. The van der Waals surface area contributed by atoms with Crippen molar-refractivity contribution < 1.29 is 9.59 Å². The molecule has 5 nitrogen and oxygen atoms in total. The maximum Gasteiger partial charge on any atom is 0.257 e. The summed E-state index contributed by atoms with van der Waals surface area (Å²) in [4.78, 5) is 29.6. The van der Waals surface area contributed by atoms with Crippen molar-refractivity contribution in [2.45, 2.75) is 32.1 Å². The second-order valence-electron chi connectivity index (χ2n) is 8.27. The molecule has 0 aromatic heterocycles. The highest BCUT2D eigenvalue weighted by molar-refractivity contribution is 6.37. The summed E-state index contributed by atoms with van der Waals surface area (Å²) in [5.41, 5.74) is 2.17. The van der Waals surface area contributed by atoms with E-state index in [1.54, 1.807) is 18.2 Å². The highest BCUT2D eigenvalue weighted by atomic mass is 35.5. The number of nitrogens with zero attached hydrogens (tertiary/aromatic N) is 2. The van der Waals surface area contributed by atoms with E-state index in [-0.39, 0.29) is 11.8 Å². The third-order valence-electron chi connectivity index (χ3n) is 6.21. The smallest absolute Gasteiger partial charge is 0.257 e. The van der Waals surface area contributed by atoms with Crippen LogP contribution in [0.3, 0.4) is 0 Å². The average molecular weight is 460 g/mol. The topological polar surface area (TPSA) is 52.7 Å². The van der Waals surface area contributed by atoms with Gasteiger partial charge in [-0.1, -0.05) is 42.5 Å². The van der Waals surface area contributed by atoms with E-state index in [0.29, 0.717) is 27.2 Å². The minimum atomic E-state index is -0.274. The highest BCUT2D eigenvalue weighted by Crippen LogP contribution is 2.27. The summed E-state index contributed by atoms with van der Waals surface area (Å²) in [7, 11) is 0. The Labute approximate surface area is 193 Å². The molecule has 2 amide bonds. The number of halogens is 2. The summed E-state index contributed by atoms with van der Waals surface area (Å²) in [5.74, 6) is 0.305. The average Bonchev–Trinajstić information content (AvgIpc) is 2.80. The van der Waals surface area contributed by atoms with E-state index in [9.17, 15) is 9.59 Å². The molecule has 2 fully saturated rings. The molecule has 0 bridgehead atoms.